The van der Waals surface area contributed by atoms with Crippen LogP contribution in [0.25, 0.3) is 0 Å². The van der Waals surface area contributed by atoms with E-state index in [0.717, 1.165) is 0 Å². The Kier molecular flexibility index (Phi) is 5.67. The predicted molar refractivity (Wildman–Crippen MR) is 82.5 cm³/mol. The van der Waals surface area contributed by atoms with Crippen LogP contribution in [0.4, 0.5) is 15.2 Å². The molecule has 0 bridgehead atoms. The maximum atomic E-state index is 13.1. The van der Waals surface area contributed by atoms with Crippen molar-refractivity contribution in [3.8, 4) is 0 Å². The number of halogens is 1. The fourth-order valence-electron chi connectivity index (χ4n) is 1.37. The fourth-order valence-corrected chi connectivity index (χ4v) is 2.97. The van der Waals surface area contributed by atoms with Gasteiger partial charge in [-0.15, -0.1) is 10.2 Å². The van der Waals surface area contributed by atoms with E-state index in [1.807, 2.05) is 0 Å². The molecule has 1 aromatic carbocycles. The zero-order valence-corrected chi connectivity index (χ0v) is 12.8. The predicted octanol–water partition coefficient (Wildman–Crippen LogP) is 1.11. The molecule has 0 unspecified atom stereocenters. The molecule has 1 heterocycles. The van der Waals surface area contributed by atoms with Crippen LogP contribution < -0.4 is 16.4 Å². The van der Waals surface area contributed by atoms with Crippen molar-refractivity contribution < 1.29 is 14.0 Å². The Balaban J connectivity index is 1.84. The summed E-state index contributed by atoms with van der Waals surface area (Å²) in [5.74, 6) is -1.17. The van der Waals surface area contributed by atoms with E-state index >= 15 is 0 Å². The number of carbonyl (C=O) groups excluding carboxylic acids is 2. The van der Waals surface area contributed by atoms with E-state index in [-0.39, 0.29) is 24.0 Å². The van der Waals surface area contributed by atoms with Crippen LogP contribution in [0.15, 0.2) is 28.6 Å². The average Bonchev–Trinajstić information content (AvgIpc) is 2.90. The lowest BCUT2D eigenvalue weighted by Crippen LogP contribution is -2.34. The van der Waals surface area contributed by atoms with Gasteiger partial charge in [0.2, 0.25) is 16.9 Å². The first-order valence-corrected chi connectivity index (χ1v) is 7.87. The van der Waals surface area contributed by atoms with E-state index in [9.17, 15) is 14.0 Å². The summed E-state index contributed by atoms with van der Waals surface area (Å²) in [7, 11) is 0. The normalized spacial score (nSPS) is 10.2. The molecule has 0 aliphatic rings. The van der Waals surface area contributed by atoms with Crippen LogP contribution in [0.5, 0.6) is 0 Å². The zero-order valence-electron chi connectivity index (χ0n) is 11.2. The zero-order chi connectivity index (χ0) is 15.9. The van der Waals surface area contributed by atoms with Gasteiger partial charge in [0.25, 0.3) is 0 Å². The highest BCUT2D eigenvalue weighted by Gasteiger charge is 2.09. The minimum atomic E-state index is -0.601. The van der Waals surface area contributed by atoms with Crippen LogP contribution in [0.3, 0.4) is 0 Å². The lowest BCUT2D eigenvalue weighted by atomic mass is 10.3. The Morgan fingerprint density at radius 2 is 2.18 bits per heavy atom. The standard InChI is InChI=1S/C12H12FN5O2S2/c13-7-2-1-3-8(4-7)16-11-17-18-12(22-11)21-6-10(20)15-5-9(14)19/h1-4H,5-6H2,(H2,14,19)(H,15,20)(H,16,17). The van der Waals surface area contributed by atoms with Gasteiger partial charge in [-0.25, -0.2) is 4.39 Å². The number of hydrogen-bond acceptors (Lipinski definition) is 7. The number of primary amides is 1. The van der Waals surface area contributed by atoms with Gasteiger partial charge in [0.1, 0.15) is 5.82 Å². The Labute approximate surface area is 133 Å². The van der Waals surface area contributed by atoms with Crippen molar-refractivity contribution in [2.75, 3.05) is 17.6 Å². The van der Waals surface area contributed by atoms with Crippen LogP contribution in [0.1, 0.15) is 0 Å². The molecule has 2 amide bonds. The summed E-state index contributed by atoms with van der Waals surface area (Å²) in [4.78, 5) is 21.9. The van der Waals surface area contributed by atoms with Gasteiger partial charge in [0.05, 0.1) is 12.3 Å². The molecule has 22 heavy (non-hydrogen) atoms. The molecule has 0 saturated heterocycles. The summed E-state index contributed by atoms with van der Waals surface area (Å²) in [6.07, 6.45) is 0. The Hall–Kier alpha value is -2.20. The molecule has 0 atom stereocenters. The maximum absolute atomic E-state index is 13.1. The number of nitrogens with zero attached hydrogens (tertiary/aromatic N) is 2. The highest BCUT2D eigenvalue weighted by Crippen LogP contribution is 2.27. The molecule has 0 aliphatic carbocycles. The molecule has 4 N–H and O–H groups in total. The highest BCUT2D eigenvalue weighted by molar-refractivity contribution is 8.01. The Morgan fingerprint density at radius 1 is 1.36 bits per heavy atom. The topological polar surface area (TPSA) is 110 Å². The van der Waals surface area contributed by atoms with Gasteiger partial charge in [-0.1, -0.05) is 29.2 Å². The van der Waals surface area contributed by atoms with Crippen molar-refractivity contribution in [1.82, 2.24) is 15.5 Å². The van der Waals surface area contributed by atoms with E-state index in [1.54, 1.807) is 12.1 Å². The number of amides is 2. The highest BCUT2D eigenvalue weighted by atomic mass is 32.2. The molecule has 10 heteroatoms. The van der Waals surface area contributed by atoms with Gasteiger partial charge < -0.3 is 16.4 Å². The maximum Gasteiger partial charge on any atom is 0.236 e. The number of hydrogen-bond donors (Lipinski definition) is 3. The lowest BCUT2D eigenvalue weighted by Gasteiger charge is -2.01. The quantitative estimate of drug-likeness (QED) is 0.651. The van der Waals surface area contributed by atoms with E-state index in [1.165, 1.54) is 35.2 Å². The number of nitrogens with one attached hydrogen (secondary N) is 2. The fraction of sp³-hybridized carbons (Fsp3) is 0.167. The van der Waals surface area contributed by atoms with E-state index in [4.69, 9.17) is 5.73 Å². The molecule has 0 aliphatic heterocycles. The third-order valence-corrected chi connectivity index (χ3v) is 4.24. The van der Waals surface area contributed by atoms with Crippen LogP contribution in [0, 0.1) is 5.82 Å². The van der Waals surface area contributed by atoms with Crippen LogP contribution in [0.2, 0.25) is 0 Å². The first-order valence-electron chi connectivity index (χ1n) is 6.07. The molecular weight excluding hydrogens is 329 g/mol. The summed E-state index contributed by atoms with van der Waals surface area (Å²) in [6.45, 7) is -0.193. The summed E-state index contributed by atoms with van der Waals surface area (Å²) in [5.41, 5.74) is 5.48. The lowest BCUT2D eigenvalue weighted by molar-refractivity contribution is -0.123. The molecule has 7 nitrogen and oxygen atoms in total. The second-order valence-electron chi connectivity index (χ2n) is 4.04. The first kappa shape index (κ1) is 16.2. The second kappa shape index (κ2) is 7.71. The summed E-state index contributed by atoms with van der Waals surface area (Å²) < 4.78 is 13.6. The molecule has 1 aromatic heterocycles. The average molecular weight is 341 g/mol. The number of thioether (sulfide) groups is 1. The molecule has 0 radical (unpaired) electrons. The van der Waals surface area contributed by atoms with Gasteiger partial charge in [-0.2, -0.15) is 0 Å². The van der Waals surface area contributed by atoms with Gasteiger partial charge in [-0.05, 0) is 18.2 Å². The number of rotatable bonds is 7. The SMILES string of the molecule is NC(=O)CNC(=O)CSc1nnc(Nc2cccc(F)c2)s1. The molecule has 0 saturated carbocycles. The second-order valence-corrected chi connectivity index (χ2v) is 6.24. The van der Waals surface area contributed by atoms with E-state index < -0.39 is 5.91 Å². The molecule has 2 rings (SSSR count). The molecule has 2 aromatic rings. The monoisotopic (exact) mass is 341 g/mol. The first-order chi connectivity index (χ1) is 10.5. The summed E-state index contributed by atoms with van der Waals surface area (Å²) in [5, 5.41) is 13.6. The van der Waals surface area contributed by atoms with Gasteiger partial charge in [-0.3, -0.25) is 9.59 Å². The number of benzene rings is 1. The summed E-state index contributed by atoms with van der Waals surface area (Å²) >= 11 is 2.42. The third-order valence-electron chi connectivity index (χ3n) is 2.27. The number of aromatic nitrogens is 2. The van der Waals surface area contributed by atoms with Crippen LogP contribution in [-0.4, -0.2) is 34.3 Å². The number of carbonyl (C=O) groups is 2. The van der Waals surface area contributed by atoms with Crippen molar-refractivity contribution in [1.29, 1.82) is 0 Å². The number of anilines is 2. The Morgan fingerprint density at radius 3 is 2.91 bits per heavy atom. The van der Waals surface area contributed by atoms with Crippen molar-refractivity contribution in [3.05, 3.63) is 30.1 Å². The van der Waals surface area contributed by atoms with Crippen molar-refractivity contribution in [3.63, 3.8) is 0 Å². The molecule has 0 fully saturated rings. The molecule has 116 valence electrons. The van der Waals surface area contributed by atoms with Gasteiger partial charge in [0, 0.05) is 5.69 Å². The summed E-state index contributed by atoms with van der Waals surface area (Å²) in [6, 6.07) is 5.97. The van der Waals surface area contributed by atoms with Crippen molar-refractivity contribution in [2.24, 2.45) is 5.73 Å². The van der Waals surface area contributed by atoms with Gasteiger partial charge >= 0.3 is 0 Å². The molecule has 0 spiro atoms. The van der Waals surface area contributed by atoms with Crippen LogP contribution in [-0.2, 0) is 9.59 Å². The smallest absolute Gasteiger partial charge is 0.236 e. The minimum Gasteiger partial charge on any atom is -0.368 e. The minimum absolute atomic E-state index is 0.0991. The molecular formula is C12H12FN5O2S2. The van der Waals surface area contributed by atoms with Gasteiger partial charge in [0.15, 0.2) is 4.34 Å². The Bertz CT molecular complexity index is 679. The van der Waals surface area contributed by atoms with Crippen molar-refractivity contribution in [2.45, 2.75) is 4.34 Å². The van der Waals surface area contributed by atoms with Crippen molar-refractivity contribution >= 4 is 45.7 Å². The number of nitrogens with two attached hydrogens (primary N) is 1. The third kappa shape index (κ3) is 5.30. The van der Waals surface area contributed by atoms with Crippen LogP contribution >= 0.6 is 23.1 Å². The largest absolute Gasteiger partial charge is 0.368 e. The van der Waals surface area contributed by atoms with E-state index in [2.05, 4.69) is 20.8 Å². The van der Waals surface area contributed by atoms with E-state index in [0.29, 0.717) is 15.2 Å².